The van der Waals surface area contributed by atoms with Crippen LogP contribution in [0.4, 0.5) is 0 Å². The molecule has 0 bridgehead atoms. The summed E-state index contributed by atoms with van der Waals surface area (Å²) in [6, 6.07) is 15.3. The fraction of sp³-hybridized carbons (Fsp3) is 0.412. The van der Waals surface area contributed by atoms with E-state index in [1.165, 1.54) is 36.5 Å². The molecule has 2 nitrogen and oxygen atoms in total. The molecule has 19 heavy (non-hydrogen) atoms. The van der Waals surface area contributed by atoms with Gasteiger partial charge < -0.3 is 10.1 Å². The van der Waals surface area contributed by atoms with Crippen LogP contribution < -0.4 is 10.1 Å². The van der Waals surface area contributed by atoms with E-state index >= 15 is 0 Å². The van der Waals surface area contributed by atoms with Crippen molar-refractivity contribution in [3.05, 3.63) is 42.5 Å². The van der Waals surface area contributed by atoms with Crippen LogP contribution in [-0.4, -0.2) is 19.2 Å². The molecule has 1 aliphatic carbocycles. The van der Waals surface area contributed by atoms with Gasteiger partial charge in [0.15, 0.2) is 0 Å². The standard InChI is InChI=1S/C17H21NO/c1-4-10-16-14(6-1)7-5-11-17(16)19-13-12-18-15-8-2-3-9-15/h1,4-7,10-11,15,18H,2-3,8-9,12-13H2. The van der Waals surface area contributed by atoms with Gasteiger partial charge >= 0.3 is 0 Å². The maximum absolute atomic E-state index is 5.92. The van der Waals surface area contributed by atoms with Crippen LogP contribution >= 0.6 is 0 Å². The first-order valence-electron chi connectivity index (χ1n) is 7.27. The van der Waals surface area contributed by atoms with Crippen LogP contribution in [0.5, 0.6) is 5.75 Å². The highest BCUT2D eigenvalue weighted by atomic mass is 16.5. The van der Waals surface area contributed by atoms with Gasteiger partial charge in [-0.25, -0.2) is 0 Å². The van der Waals surface area contributed by atoms with Crippen molar-refractivity contribution in [2.24, 2.45) is 0 Å². The van der Waals surface area contributed by atoms with E-state index in [0.717, 1.165) is 24.9 Å². The summed E-state index contributed by atoms with van der Waals surface area (Å²) in [6.07, 6.45) is 5.41. The number of fused-ring (bicyclic) bond motifs is 1. The first-order chi connectivity index (χ1) is 9.43. The van der Waals surface area contributed by atoms with E-state index < -0.39 is 0 Å². The lowest BCUT2D eigenvalue weighted by Crippen LogP contribution is -2.30. The second-order valence-electron chi connectivity index (χ2n) is 5.26. The second-order valence-corrected chi connectivity index (χ2v) is 5.26. The predicted octanol–water partition coefficient (Wildman–Crippen LogP) is 3.75. The largest absolute Gasteiger partial charge is 0.492 e. The maximum atomic E-state index is 5.92. The van der Waals surface area contributed by atoms with Crippen molar-refractivity contribution in [2.45, 2.75) is 31.7 Å². The summed E-state index contributed by atoms with van der Waals surface area (Å²) in [7, 11) is 0. The van der Waals surface area contributed by atoms with Crippen LogP contribution in [0.2, 0.25) is 0 Å². The molecule has 0 heterocycles. The van der Waals surface area contributed by atoms with E-state index in [1.54, 1.807) is 0 Å². The highest BCUT2D eigenvalue weighted by molar-refractivity contribution is 5.88. The average Bonchev–Trinajstić information content (AvgIpc) is 2.97. The van der Waals surface area contributed by atoms with Gasteiger partial charge in [-0.3, -0.25) is 0 Å². The Morgan fingerprint density at radius 2 is 1.79 bits per heavy atom. The lowest BCUT2D eigenvalue weighted by atomic mass is 10.1. The summed E-state index contributed by atoms with van der Waals surface area (Å²) in [5, 5.41) is 6.01. The summed E-state index contributed by atoms with van der Waals surface area (Å²) in [6.45, 7) is 1.68. The molecule has 0 unspecified atom stereocenters. The number of hydrogen-bond donors (Lipinski definition) is 1. The van der Waals surface area contributed by atoms with Crippen molar-refractivity contribution in [3.63, 3.8) is 0 Å². The van der Waals surface area contributed by atoms with Gasteiger partial charge in [0.25, 0.3) is 0 Å². The molecule has 3 rings (SSSR count). The van der Waals surface area contributed by atoms with E-state index in [9.17, 15) is 0 Å². The van der Waals surface area contributed by atoms with Gasteiger partial charge in [-0.15, -0.1) is 0 Å². The molecule has 0 radical (unpaired) electrons. The fourth-order valence-corrected chi connectivity index (χ4v) is 2.88. The minimum atomic E-state index is 0.719. The first-order valence-corrected chi connectivity index (χ1v) is 7.27. The zero-order valence-electron chi connectivity index (χ0n) is 11.3. The van der Waals surface area contributed by atoms with Crippen molar-refractivity contribution >= 4 is 10.8 Å². The van der Waals surface area contributed by atoms with Crippen LogP contribution in [0, 0.1) is 0 Å². The molecule has 0 saturated heterocycles. The van der Waals surface area contributed by atoms with Gasteiger partial charge in [-0.1, -0.05) is 49.2 Å². The van der Waals surface area contributed by atoms with E-state index in [0.29, 0.717) is 0 Å². The molecule has 2 aromatic carbocycles. The number of ether oxygens (including phenoxy) is 1. The van der Waals surface area contributed by atoms with Crippen LogP contribution in [0.3, 0.4) is 0 Å². The van der Waals surface area contributed by atoms with Crippen LogP contribution in [-0.2, 0) is 0 Å². The summed E-state index contributed by atoms with van der Waals surface area (Å²) in [5.41, 5.74) is 0. The number of nitrogens with one attached hydrogen (secondary N) is 1. The summed E-state index contributed by atoms with van der Waals surface area (Å²) in [5.74, 6) is 0.992. The van der Waals surface area contributed by atoms with Gasteiger partial charge in [0.2, 0.25) is 0 Å². The van der Waals surface area contributed by atoms with Crippen LogP contribution in [0.1, 0.15) is 25.7 Å². The van der Waals surface area contributed by atoms with Gasteiger partial charge in [0, 0.05) is 18.0 Å². The Kier molecular flexibility index (Phi) is 3.99. The van der Waals surface area contributed by atoms with Crippen molar-refractivity contribution in [1.29, 1.82) is 0 Å². The molecule has 100 valence electrons. The zero-order chi connectivity index (χ0) is 12.9. The van der Waals surface area contributed by atoms with Crippen LogP contribution in [0.15, 0.2) is 42.5 Å². The third kappa shape index (κ3) is 3.07. The summed E-state index contributed by atoms with van der Waals surface area (Å²) < 4.78 is 5.92. The van der Waals surface area contributed by atoms with Crippen molar-refractivity contribution < 1.29 is 4.74 Å². The Hall–Kier alpha value is -1.54. The molecular weight excluding hydrogens is 234 g/mol. The Bertz CT molecular complexity index is 526. The Morgan fingerprint density at radius 1 is 1.00 bits per heavy atom. The normalized spacial score (nSPS) is 16.0. The Balaban J connectivity index is 1.56. The molecule has 2 heteroatoms. The van der Waals surface area contributed by atoms with E-state index in [-0.39, 0.29) is 0 Å². The molecule has 1 fully saturated rings. The minimum absolute atomic E-state index is 0.719. The van der Waals surface area contributed by atoms with Crippen LogP contribution in [0.25, 0.3) is 10.8 Å². The molecule has 1 N–H and O–H groups in total. The lowest BCUT2D eigenvalue weighted by molar-refractivity contribution is 0.308. The Morgan fingerprint density at radius 3 is 2.68 bits per heavy atom. The van der Waals surface area contributed by atoms with Crippen molar-refractivity contribution in [1.82, 2.24) is 5.32 Å². The van der Waals surface area contributed by atoms with Crippen molar-refractivity contribution in [3.8, 4) is 5.75 Å². The number of hydrogen-bond acceptors (Lipinski definition) is 2. The smallest absolute Gasteiger partial charge is 0.127 e. The monoisotopic (exact) mass is 255 g/mol. The van der Waals surface area contributed by atoms with Gasteiger partial charge in [-0.2, -0.15) is 0 Å². The SMILES string of the molecule is c1ccc2c(OCCNC3CCCC3)cccc2c1. The van der Waals surface area contributed by atoms with E-state index in [1.807, 2.05) is 0 Å². The topological polar surface area (TPSA) is 21.3 Å². The van der Waals surface area contributed by atoms with Crippen molar-refractivity contribution in [2.75, 3.05) is 13.2 Å². The molecule has 1 aliphatic rings. The lowest BCUT2D eigenvalue weighted by Gasteiger charge is -2.13. The highest BCUT2D eigenvalue weighted by Crippen LogP contribution is 2.25. The van der Waals surface area contributed by atoms with Gasteiger partial charge in [0.1, 0.15) is 12.4 Å². The molecule has 0 aliphatic heterocycles. The molecule has 0 amide bonds. The first kappa shape index (κ1) is 12.5. The molecular formula is C17H21NO. The highest BCUT2D eigenvalue weighted by Gasteiger charge is 2.13. The molecule has 1 saturated carbocycles. The van der Waals surface area contributed by atoms with E-state index in [2.05, 4.69) is 47.8 Å². The molecule has 0 aromatic heterocycles. The maximum Gasteiger partial charge on any atom is 0.127 e. The fourth-order valence-electron chi connectivity index (χ4n) is 2.88. The van der Waals surface area contributed by atoms with E-state index in [4.69, 9.17) is 4.74 Å². The van der Waals surface area contributed by atoms with Gasteiger partial charge in [0.05, 0.1) is 0 Å². The quantitative estimate of drug-likeness (QED) is 0.822. The molecule has 0 spiro atoms. The number of benzene rings is 2. The summed E-state index contributed by atoms with van der Waals surface area (Å²) in [4.78, 5) is 0. The average molecular weight is 255 g/mol. The summed E-state index contributed by atoms with van der Waals surface area (Å²) >= 11 is 0. The van der Waals surface area contributed by atoms with Gasteiger partial charge in [-0.05, 0) is 24.3 Å². The number of rotatable bonds is 5. The Labute approximate surface area is 114 Å². The predicted molar refractivity (Wildman–Crippen MR) is 79.7 cm³/mol. The third-order valence-electron chi connectivity index (χ3n) is 3.90. The second kappa shape index (κ2) is 6.07. The molecule has 0 atom stereocenters. The molecule has 2 aromatic rings. The minimum Gasteiger partial charge on any atom is -0.492 e. The zero-order valence-corrected chi connectivity index (χ0v) is 11.3. The third-order valence-corrected chi connectivity index (χ3v) is 3.90.